The normalized spacial score (nSPS) is 38.1. The molecule has 21 heavy (non-hydrogen) atoms. The molecule has 2 rings (SSSR count). The molecule has 3 unspecified atom stereocenters. The molecular weight excluding hydrogens is 359 g/mol. The summed E-state index contributed by atoms with van der Waals surface area (Å²) in [6.45, 7) is 0. The molecule has 2 saturated carbocycles. The molecule has 0 heterocycles. The molecule has 0 amide bonds. The second-order valence-corrected chi connectivity index (χ2v) is 9.30. The summed E-state index contributed by atoms with van der Waals surface area (Å²) in [5.74, 6) is -0.187. The smallest absolute Gasteiger partial charge is 0.286 e. The molecule has 0 N–H and O–H groups in total. The minimum atomic E-state index is -3.71. The van der Waals surface area contributed by atoms with Crippen molar-refractivity contribution in [1.82, 2.24) is 0 Å². The molecule has 0 aliphatic heterocycles. The second-order valence-electron chi connectivity index (χ2n) is 5.96. The van der Waals surface area contributed by atoms with Crippen molar-refractivity contribution < 1.29 is 16.9 Å². The van der Waals surface area contributed by atoms with Crippen molar-refractivity contribution in [2.24, 2.45) is 11.8 Å². The van der Waals surface area contributed by atoms with Crippen molar-refractivity contribution in [3.8, 4) is 0 Å². The van der Waals surface area contributed by atoms with E-state index in [1.165, 1.54) is 0 Å². The van der Waals surface area contributed by atoms with Gasteiger partial charge in [-0.25, -0.2) is 0 Å². The number of halogens is 3. The van der Waals surface area contributed by atoms with Gasteiger partial charge in [-0.1, -0.05) is 0 Å². The number of carbonyl (C=O) groups excluding carboxylic acids is 1. The minimum absolute atomic E-state index is 0.00955. The highest BCUT2D eigenvalue weighted by Gasteiger charge is 2.40. The van der Waals surface area contributed by atoms with Gasteiger partial charge in [0, 0.05) is 22.6 Å². The van der Waals surface area contributed by atoms with Crippen LogP contribution in [0.15, 0.2) is 0 Å². The molecule has 4 nitrogen and oxygen atoms in total. The highest BCUT2D eigenvalue weighted by atomic mass is 35.5. The highest BCUT2D eigenvalue weighted by molar-refractivity contribution is 7.88. The fraction of sp³-hybridized carbons (Fsp3) is 0.923. The summed E-state index contributed by atoms with van der Waals surface area (Å²) in [6, 6.07) is 0. The van der Waals surface area contributed by atoms with E-state index in [1.807, 2.05) is 0 Å². The zero-order valence-electron chi connectivity index (χ0n) is 11.5. The van der Waals surface area contributed by atoms with Crippen LogP contribution in [0.5, 0.6) is 0 Å². The Morgan fingerprint density at radius 1 is 1.00 bits per heavy atom. The molecule has 122 valence electrons. The summed E-state index contributed by atoms with van der Waals surface area (Å²) in [5.41, 5.74) is 0. The predicted octanol–water partition coefficient (Wildman–Crippen LogP) is 3.63. The Labute approximate surface area is 140 Å². The fourth-order valence-electron chi connectivity index (χ4n) is 3.37. The molecule has 0 aromatic carbocycles. The first-order valence-electron chi connectivity index (χ1n) is 7.21. The quantitative estimate of drug-likeness (QED) is 0.702. The third-order valence-corrected chi connectivity index (χ3v) is 7.55. The Hall–Kier alpha value is 0.450. The van der Waals surface area contributed by atoms with E-state index in [1.54, 1.807) is 0 Å². The van der Waals surface area contributed by atoms with Crippen LogP contribution in [0.1, 0.15) is 44.9 Å². The molecule has 0 saturated heterocycles. The van der Waals surface area contributed by atoms with Crippen molar-refractivity contribution in [2.75, 3.05) is 0 Å². The first-order chi connectivity index (χ1) is 9.85. The predicted molar refractivity (Wildman–Crippen MR) is 83.2 cm³/mol. The zero-order chi connectivity index (χ0) is 15.6. The molecule has 2 fully saturated rings. The van der Waals surface area contributed by atoms with Crippen LogP contribution in [-0.4, -0.2) is 30.2 Å². The summed E-state index contributed by atoms with van der Waals surface area (Å²) >= 11 is 17.4. The Morgan fingerprint density at radius 2 is 1.62 bits per heavy atom. The maximum Gasteiger partial charge on any atom is 0.286 e. The molecule has 0 spiro atoms. The molecule has 0 aromatic rings. The number of ketones is 1. The van der Waals surface area contributed by atoms with Crippen molar-refractivity contribution in [3.63, 3.8) is 0 Å². The largest absolute Gasteiger partial charge is 0.299 e. The van der Waals surface area contributed by atoms with Gasteiger partial charge in [0.1, 0.15) is 5.78 Å². The average molecular weight is 378 g/mol. The first kappa shape index (κ1) is 17.8. The van der Waals surface area contributed by atoms with Crippen LogP contribution < -0.4 is 0 Å². The van der Waals surface area contributed by atoms with E-state index >= 15 is 0 Å². The van der Waals surface area contributed by atoms with Gasteiger partial charge in [-0.05, 0) is 44.9 Å². The maximum atomic E-state index is 12.6. The van der Waals surface area contributed by atoms with Crippen LogP contribution in [0.4, 0.5) is 0 Å². The lowest BCUT2D eigenvalue weighted by Crippen LogP contribution is -2.38. The van der Waals surface area contributed by atoms with Gasteiger partial charge in [-0.2, -0.15) is 12.2 Å². The van der Waals surface area contributed by atoms with E-state index in [4.69, 9.17) is 35.1 Å². The summed E-state index contributed by atoms with van der Waals surface area (Å²) in [6.07, 6.45) is 4.10. The van der Waals surface area contributed by atoms with E-state index in [0.29, 0.717) is 32.1 Å². The van der Waals surface area contributed by atoms with Crippen molar-refractivity contribution in [2.45, 2.75) is 60.9 Å². The molecule has 0 radical (unpaired) electrons. The Kier molecular flexibility index (Phi) is 6.23. The van der Waals surface area contributed by atoms with Gasteiger partial charge >= 0.3 is 0 Å². The number of carbonyl (C=O) groups is 1. The van der Waals surface area contributed by atoms with Gasteiger partial charge in [-0.15, -0.1) is 23.2 Å². The molecule has 3 atom stereocenters. The molecular formula is C13H19Cl3O4S. The standard InChI is InChI=1S/C13H19Cl3O4S/c14-9-3-6-12(15)11(7-9)13(17)8-1-4-10(5-2-8)21(18,19)20-16/h8-12H,1-7H2. The Bertz CT molecular complexity index is 474. The van der Waals surface area contributed by atoms with Crippen molar-refractivity contribution in [3.05, 3.63) is 0 Å². The third kappa shape index (κ3) is 4.25. The zero-order valence-corrected chi connectivity index (χ0v) is 14.6. The minimum Gasteiger partial charge on any atom is -0.299 e. The summed E-state index contributed by atoms with van der Waals surface area (Å²) in [7, 11) is -3.71. The van der Waals surface area contributed by atoms with Crippen LogP contribution in [0.2, 0.25) is 0 Å². The maximum absolute atomic E-state index is 12.6. The lowest BCUT2D eigenvalue weighted by Gasteiger charge is -2.34. The van der Waals surface area contributed by atoms with Crippen LogP contribution in [0, 0.1) is 11.8 Å². The highest BCUT2D eigenvalue weighted by Crippen LogP contribution is 2.38. The lowest BCUT2D eigenvalue weighted by atomic mass is 9.76. The van der Waals surface area contributed by atoms with Crippen molar-refractivity contribution in [1.29, 1.82) is 0 Å². The summed E-state index contributed by atoms with van der Waals surface area (Å²) < 4.78 is 27.1. The molecule has 2 aliphatic carbocycles. The van der Waals surface area contributed by atoms with Crippen LogP contribution in [-0.2, 0) is 18.6 Å². The monoisotopic (exact) mass is 376 g/mol. The first-order valence-corrected chi connectivity index (χ1v) is 9.86. The van der Waals surface area contributed by atoms with Gasteiger partial charge in [-0.3, -0.25) is 4.79 Å². The topological polar surface area (TPSA) is 60.4 Å². The van der Waals surface area contributed by atoms with Gasteiger partial charge in [0.15, 0.2) is 0 Å². The van der Waals surface area contributed by atoms with Gasteiger partial charge in [0.05, 0.1) is 17.1 Å². The number of hydrogen-bond donors (Lipinski definition) is 0. The number of hydrogen-bond acceptors (Lipinski definition) is 4. The summed E-state index contributed by atoms with van der Waals surface area (Å²) in [5, 5.41) is -0.756. The Morgan fingerprint density at radius 3 is 2.19 bits per heavy atom. The lowest BCUT2D eigenvalue weighted by molar-refractivity contribution is -0.128. The van der Waals surface area contributed by atoms with Gasteiger partial charge in [0.2, 0.25) is 0 Å². The van der Waals surface area contributed by atoms with Gasteiger partial charge < -0.3 is 0 Å². The molecule has 2 aliphatic rings. The average Bonchev–Trinajstić information content (AvgIpc) is 2.49. The Balaban J connectivity index is 1.94. The van der Waals surface area contributed by atoms with E-state index in [9.17, 15) is 13.2 Å². The second kappa shape index (κ2) is 7.35. The van der Waals surface area contributed by atoms with Crippen molar-refractivity contribution >= 4 is 51.0 Å². The SMILES string of the molecule is O=C(C1CCC(S(=O)(=O)OCl)CC1)C1CC(Cl)CCC1Cl. The fourth-order valence-corrected chi connectivity index (χ4v) is 5.30. The number of Topliss-reactive ketones (excluding diaryl/α,β-unsaturated/α-hetero) is 1. The number of alkyl halides is 2. The van der Waals surface area contributed by atoms with Gasteiger partial charge in [0.25, 0.3) is 10.1 Å². The van der Waals surface area contributed by atoms with Crippen LogP contribution in [0.25, 0.3) is 0 Å². The van der Waals surface area contributed by atoms with E-state index in [0.717, 1.165) is 12.8 Å². The number of rotatable bonds is 4. The third-order valence-electron chi connectivity index (χ3n) is 4.64. The van der Waals surface area contributed by atoms with Crippen LogP contribution in [0.3, 0.4) is 0 Å². The van der Waals surface area contributed by atoms with E-state index in [-0.39, 0.29) is 28.4 Å². The van der Waals surface area contributed by atoms with E-state index < -0.39 is 15.4 Å². The van der Waals surface area contributed by atoms with Crippen LogP contribution >= 0.6 is 35.1 Å². The molecule has 8 heteroatoms. The summed E-state index contributed by atoms with van der Waals surface area (Å²) in [4.78, 5) is 12.6. The van der Waals surface area contributed by atoms with E-state index in [2.05, 4.69) is 3.74 Å². The molecule has 0 aromatic heterocycles. The molecule has 0 bridgehead atoms.